The molecule has 164 valence electrons. The number of fused-ring (bicyclic) bond motifs is 2. The van der Waals surface area contributed by atoms with Crippen molar-refractivity contribution in [3.63, 3.8) is 0 Å². The molecule has 1 saturated heterocycles. The third-order valence-corrected chi connectivity index (χ3v) is 6.84. The lowest BCUT2D eigenvalue weighted by Gasteiger charge is -2.25. The molecule has 2 aromatic carbocycles. The number of Topliss-reactive ketones (excluding diaryl/α,β-unsaturated/α-hetero) is 1. The number of benzene rings is 2. The van der Waals surface area contributed by atoms with Gasteiger partial charge in [0.05, 0.1) is 11.6 Å². The van der Waals surface area contributed by atoms with Crippen LogP contribution in [0.25, 0.3) is 16.7 Å². The van der Waals surface area contributed by atoms with Crippen LogP contribution < -0.4 is 0 Å². The standard InChI is InChI=1S/C27H28N2O3/c1-3-14-29-24(22-16(2)28-21-11-7-6-10-20(21)22)23(26(31)27(29)32)25(30)19-13-12-17-8-4-5-9-18(17)15-19/h6-7,10-13,15,24,28,30H,3-5,8-9,14H2,1-2H3/b25-23+. The van der Waals surface area contributed by atoms with Crippen LogP contribution in [0.3, 0.4) is 0 Å². The smallest absolute Gasteiger partial charge is 0.295 e. The first-order valence-electron chi connectivity index (χ1n) is 11.5. The molecule has 32 heavy (non-hydrogen) atoms. The summed E-state index contributed by atoms with van der Waals surface area (Å²) in [5.41, 5.74) is 6.07. The summed E-state index contributed by atoms with van der Waals surface area (Å²) in [6.45, 7) is 4.40. The van der Waals surface area contributed by atoms with Crippen molar-refractivity contribution in [1.29, 1.82) is 0 Å². The van der Waals surface area contributed by atoms with E-state index >= 15 is 0 Å². The van der Waals surface area contributed by atoms with Crippen molar-refractivity contribution in [2.24, 2.45) is 0 Å². The van der Waals surface area contributed by atoms with Crippen molar-refractivity contribution >= 4 is 28.4 Å². The van der Waals surface area contributed by atoms with Crippen molar-refractivity contribution in [3.05, 3.63) is 76.0 Å². The number of aromatic amines is 1. The molecule has 1 aromatic heterocycles. The fourth-order valence-corrected chi connectivity index (χ4v) is 5.34. The van der Waals surface area contributed by atoms with Crippen LogP contribution in [0, 0.1) is 6.92 Å². The molecular formula is C27H28N2O3. The van der Waals surface area contributed by atoms with Gasteiger partial charge in [0, 0.05) is 34.3 Å². The minimum Gasteiger partial charge on any atom is -0.507 e. The zero-order valence-electron chi connectivity index (χ0n) is 18.6. The van der Waals surface area contributed by atoms with Gasteiger partial charge >= 0.3 is 0 Å². The first-order chi connectivity index (χ1) is 15.5. The second-order valence-electron chi connectivity index (χ2n) is 8.89. The first-order valence-corrected chi connectivity index (χ1v) is 11.5. The number of nitrogens with zero attached hydrogens (tertiary/aromatic N) is 1. The Hall–Kier alpha value is -3.34. The number of ketones is 1. The van der Waals surface area contributed by atoms with Crippen molar-refractivity contribution in [2.75, 3.05) is 6.54 Å². The maximum atomic E-state index is 13.2. The number of aromatic nitrogens is 1. The van der Waals surface area contributed by atoms with Crippen LogP contribution in [0.1, 0.15) is 60.2 Å². The number of carbonyl (C=O) groups excluding carboxylic acids is 2. The van der Waals surface area contributed by atoms with E-state index in [9.17, 15) is 14.7 Å². The molecule has 0 bridgehead atoms. The maximum absolute atomic E-state index is 13.2. The van der Waals surface area contributed by atoms with Crippen molar-refractivity contribution < 1.29 is 14.7 Å². The monoisotopic (exact) mass is 428 g/mol. The average molecular weight is 429 g/mol. The van der Waals surface area contributed by atoms with Gasteiger partial charge in [-0.05, 0) is 62.3 Å². The van der Waals surface area contributed by atoms with Gasteiger partial charge in [0.25, 0.3) is 11.7 Å². The summed E-state index contributed by atoms with van der Waals surface area (Å²) >= 11 is 0. The lowest BCUT2D eigenvalue weighted by atomic mass is 9.88. The first kappa shape index (κ1) is 20.6. The highest BCUT2D eigenvalue weighted by molar-refractivity contribution is 6.46. The van der Waals surface area contributed by atoms with Gasteiger partial charge in [0.1, 0.15) is 5.76 Å². The van der Waals surface area contributed by atoms with Crippen LogP contribution in [-0.4, -0.2) is 33.2 Å². The predicted octanol–water partition coefficient (Wildman–Crippen LogP) is 5.19. The Morgan fingerprint density at radius 1 is 1.09 bits per heavy atom. The van der Waals surface area contributed by atoms with Gasteiger partial charge in [-0.2, -0.15) is 0 Å². The van der Waals surface area contributed by atoms with Crippen LogP contribution in [0.4, 0.5) is 0 Å². The molecule has 5 heteroatoms. The molecule has 2 aliphatic rings. The van der Waals surface area contributed by atoms with E-state index in [2.05, 4.69) is 11.1 Å². The molecule has 0 saturated carbocycles. The number of hydrogen-bond acceptors (Lipinski definition) is 3. The number of nitrogens with one attached hydrogen (secondary N) is 1. The van der Waals surface area contributed by atoms with Gasteiger partial charge < -0.3 is 15.0 Å². The lowest BCUT2D eigenvalue weighted by molar-refractivity contribution is -0.139. The van der Waals surface area contributed by atoms with Crippen LogP contribution >= 0.6 is 0 Å². The van der Waals surface area contributed by atoms with E-state index in [0.29, 0.717) is 12.1 Å². The van der Waals surface area contributed by atoms with E-state index in [-0.39, 0.29) is 11.3 Å². The number of amides is 1. The van der Waals surface area contributed by atoms with Crippen molar-refractivity contribution in [1.82, 2.24) is 9.88 Å². The third kappa shape index (κ3) is 3.15. The van der Waals surface area contributed by atoms with Crippen LogP contribution in [0.15, 0.2) is 48.0 Å². The quantitative estimate of drug-likeness (QED) is 0.341. The van der Waals surface area contributed by atoms with Crippen molar-refractivity contribution in [2.45, 2.75) is 52.0 Å². The number of likely N-dealkylation sites (tertiary alicyclic amines) is 1. The summed E-state index contributed by atoms with van der Waals surface area (Å²) in [7, 11) is 0. The molecule has 1 atom stereocenters. The van der Waals surface area contributed by atoms with Gasteiger partial charge in [-0.25, -0.2) is 0 Å². The molecular weight excluding hydrogens is 400 g/mol. The van der Waals surface area contributed by atoms with Gasteiger partial charge in [0.15, 0.2) is 0 Å². The highest BCUT2D eigenvalue weighted by atomic mass is 16.3. The van der Waals surface area contributed by atoms with Gasteiger partial charge in [-0.15, -0.1) is 0 Å². The zero-order valence-corrected chi connectivity index (χ0v) is 18.6. The summed E-state index contributed by atoms with van der Waals surface area (Å²) in [4.78, 5) is 31.3. The van der Waals surface area contributed by atoms with E-state index < -0.39 is 17.7 Å². The summed E-state index contributed by atoms with van der Waals surface area (Å²) in [6.07, 6.45) is 5.06. The Morgan fingerprint density at radius 3 is 2.62 bits per heavy atom. The summed E-state index contributed by atoms with van der Waals surface area (Å²) in [5, 5.41) is 12.4. The normalized spacial score (nSPS) is 20.2. The molecule has 0 radical (unpaired) electrons. The number of aryl methyl sites for hydroxylation is 3. The highest BCUT2D eigenvalue weighted by Crippen LogP contribution is 2.43. The molecule has 1 unspecified atom stereocenters. The van der Waals surface area contributed by atoms with Gasteiger partial charge in [0.2, 0.25) is 0 Å². The topological polar surface area (TPSA) is 73.4 Å². The summed E-state index contributed by atoms with van der Waals surface area (Å²) in [6, 6.07) is 13.2. The van der Waals surface area contributed by atoms with E-state index in [1.54, 1.807) is 4.90 Å². The van der Waals surface area contributed by atoms with E-state index in [1.165, 1.54) is 17.5 Å². The Bertz CT molecular complexity index is 1270. The van der Waals surface area contributed by atoms with E-state index in [1.807, 2.05) is 50.2 Å². The number of rotatable bonds is 4. The Labute approximate surface area is 187 Å². The largest absolute Gasteiger partial charge is 0.507 e. The fourth-order valence-electron chi connectivity index (χ4n) is 5.34. The third-order valence-electron chi connectivity index (χ3n) is 6.84. The number of hydrogen-bond donors (Lipinski definition) is 2. The summed E-state index contributed by atoms with van der Waals surface area (Å²) < 4.78 is 0. The van der Waals surface area contributed by atoms with Crippen LogP contribution in [0.5, 0.6) is 0 Å². The second kappa shape index (κ2) is 7.97. The molecule has 2 heterocycles. The molecule has 1 aliphatic heterocycles. The predicted molar refractivity (Wildman–Crippen MR) is 125 cm³/mol. The molecule has 0 spiro atoms. The lowest BCUT2D eigenvalue weighted by Crippen LogP contribution is -2.30. The number of para-hydroxylation sites is 1. The minimum atomic E-state index is -0.609. The molecule has 1 fully saturated rings. The van der Waals surface area contributed by atoms with Crippen LogP contribution in [-0.2, 0) is 22.4 Å². The fraction of sp³-hybridized carbons (Fsp3) is 0.333. The highest BCUT2D eigenvalue weighted by Gasteiger charge is 2.47. The Kier molecular flexibility index (Phi) is 5.12. The molecule has 1 aliphatic carbocycles. The van der Waals surface area contributed by atoms with Crippen molar-refractivity contribution in [3.8, 4) is 0 Å². The molecule has 1 amide bonds. The van der Waals surface area contributed by atoms with E-state index in [4.69, 9.17) is 0 Å². The number of aliphatic hydroxyl groups is 1. The average Bonchev–Trinajstić information content (AvgIpc) is 3.26. The molecule has 2 N–H and O–H groups in total. The van der Waals surface area contributed by atoms with Crippen LogP contribution in [0.2, 0.25) is 0 Å². The Balaban J connectivity index is 1.72. The number of carbonyl (C=O) groups is 2. The van der Waals surface area contributed by atoms with Gasteiger partial charge in [-0.3, -0.25) is 9.59 Å². The minimum absolute atomic E-state index is 0.0787. The summed E-state index contributed by atoms with van der Waals surface area (Å²) in [5.74, 6) is -1.23. The Morgan fingerprint density at radius 2 is 1.84 bits per heavy atom. The zero-order chi connectivity index (χ0) is 22.4. The second-order valence-corrected chi connectivity index (χ2v) is 8.89. The SMILES string of the molecule is CCCN1C(=O)C(=O)/C(=C(/O)c2ccc3c(c2)CCCC3)C1c1c(C)[nH]c2ccccc12. The van der Waals surface area contributed by atoms with E-state index in [0.717, 1.165) is 47.8 Å². The number of aliphatic hydroxyl groups excluding tert-OH is 1. The van der Waals surface area contributed by atoms with Gasteiger partial charge in [-0.1, -0.05) is 37.3 Å². The molecule has 3 aromatic rings. The molecule has 5 nitrogen and oxygen atoms in total. The molecule has 5 rings (SSSR count). The number of H-pyrrole nitrogens is 1. The maximum Gasteiger partial charge on any atom is 0.295 e.